The number of benzene rings is 1. The van der Waals surface area contributed by atoms with Crippen LogP contribution in [-0.2, 0) is 6.42 Å². The first-order valence-electron chi connectivity index (χ1n) is 8.07. The SMILES string of the molecule is CCNC(Cc1c(F)cccc1Cl)/C1=C/CCCCCC1. The van der Waals surface area contributed by atoms with Crippen molar-refractivity contribution >= 4 is 11.6 Å². The molecule has 21 heavy (non-hydrogen) atoms. The zero-order valence-electron chi connectivity index (χ0n) is 12.8. The summed E-state index contributed by atoms with van der Waals surface area (Å²) in [7, 11) is 0. The van der Waals surface area contributed by atoms with E-state index in [0.29, 0.717) is 17.0 Å². The van der Waals surface area contributed by atoms with Crippen LogP contribution in [0.2, 0.25) is 5.02 Å². The van der Waals surface area contributed by atoms with E-state index in [1.165, 1.54) is 37.3 Å². The Morgan fingerprint density at radius 1 is 1.24 bits per heavy atom. The summed E-state index contributed by atoms with van der Waals surface area (Å²) in [6.07, 6.45) is 10.4. The van der Waals surface area contributed by atoms with Gasteiger partial charge in [0.2, 0.25) is 0 Å². The molecular weight excluding hydrogens is 285 g/mol. The van der Waals surface area contributed by atoms with Gasteiger partial charge in [-0.25, -0.2) is 4.39 Å². The van der Waals surface area contributed by atoms with Gasteiger partial charge in [0, 0.05) is 16.6 Å². The van der Waals surface area contributed by atoms with E-state index >= 15 is 0 Å². The van der Waals surface area contributed by atoms with Gasteiger partial charge < -0.3 is 5.32 Å². The van der Waals surface area contributed by atoms with Gasteiger partial charge in [-0.1, -0.05) is 49.1 Å². The molecule has 0 aromatic heterocycles. The van der Waals surface area contributed by atoms with Crippen molar-refractivity contribution in [3.8, 4) is 0 Å². The molecule has 1 unspecified atom stereocenters. The van der Waals surface area contributed by atoms with Crippen LogP contribution in [-0.4, -0.2) is 12.6 Å². The summed E-state index contributed by atoms with van der Waals surface area (Å²) in [6, 6.07) is 5.13. The number of rotatable bonds is 5. The first kappa shape index (κ1) is 16.5. The van der Waals surface area contributed by atoms with Gasteiger partial charge in [0.05, 0.1) is 0 Å². The third-order valence-electron chi connectivity index (χ3n) is 4.19. The lowest BCUT2D eigenvalue weighted by molar-refractivity contribution is 0.522. The number of hydrogen-bond donors (Lipinski definition) is 1. The van der Waals surface area contributed by atoms with Gasteiger partial charge in [-0.3, -0.25) is 0 Å². The van der Waals surface area contributed by atoms with Crippen molar-refractivity contribution in [1.82, 2.24) is 5.32 Å². The Morgan fingerprint density at radius 2 is 2.05 bits per heavy atom. The van der Waals surface area contributed by atoms with E-state index in [1.54, 1.807) is 12.1 Å². The van der Waals surface area contributed by atoms with E-state index in [-0.39, 0.29) is 11.9 Å². The summed E-state index contributed by atoms with van der Waals surface area (Å²) in [6.45, 7) is 2.98. The zero-order valence-corrected chi connectivity index (χ0v) is 13.6. The van der Waals surface area contributed by atoms with Gasteiger partial charge >= 0.3 is 0 Å². The highest BCUT2D eigenvalue weighted by Crippen LogP contribution is 2.25. The summed E-state index contributed by atoms with van der Waals surface area (Å²) in [4.78, 5) is 0. The molecule has 1 N–H and O–H groups in total. The van der Waals surface area contributed by atoms with Gasteiger partial charge in [0.1, 0.15) is 5.82 Å². The molecule has 116 valence electrons. The number of hydrogen-bond acceptors (Lipinski definition) is 1. The normalized spacial score (nSPS) is 20.2. The summed E-state index contributed by atoms with van der Waals surface area (Å²) >= 11 is 6.18. The predicted octanol–water partition coefficient (Wildman–Crippen LogP) is 5.28. The molecular formula is C18H25ClFN. The molecule has 0 radical (unpaired) electrons. The molecule has 1 aromatic carbocycles. The highest BCUT2D eigenvalue weighted by molar-refractivity contribution is 6.31. The molecule has 0 spiro atoms. The van der Waals surface area contributed by atoms with Crippen LogP contribution < -0.4 is 5.32 Å². The highest BCUT2D eigenvalue weighted by atomic mass is 35.5. The predicted molar refractivity (Wildman–Crippen MR) is 88.4 cm³/mol. The molecule has 1 nitrogen and oxygen atoms in total. The summed E-state index contributed by atoms with van der Waals surface area (Å²) < 4.78 is 14.0. The molecule has 1 aliphatic carbocycles. The van der Waals surface area contributed by atoms with Gasteiger partial charge in [0.15, 0.2) is 0 Å². The lowest BCUT2D eigenvalue weighted by atomic mass is 9.91. The molecule has 0 saturated heterocycles. The number of halogens is 2. The van der Waals surface area contributed by atoms with Crippen LogP contribution in [0, 0.1) is 5.82 Å². The Balaban J connectivity index is 2.18. The van der Waals surface area contributed by atoms with E-state index in [2.05, 4.69) is 18.3 Å². The van der Waals surface area contributed by atoms with Crippen LogP contribution in [0.3, 0.4) is 0 Å². The second-order valence-electron chi connectivity index (χ2n) is 5.75. The number of nitrogens with one attached hydrogen (secondary N) is 1. The summed E-state index contributed by atoms with van der Waals surface area (Å²) in [5.74, 6) is -0.197. The van der Waals surface area contributed by atoms with Crippen molar-refractivity contribution in [2.75, 3.05) is 6.54 Å². The molecule has 0 amide bonds. The van der Waals surface area contributed by atoms with Crippen LogP contribution in [0.1, 0.15) is 51.0 Å². The molecule has 1 aromatic rings. The molecule has 0 heterocycles. The molecule has 3 heteroatoms. The minimum atomic E-state index is -0.197. The maximum atomic E-state index is 14.0. The van der Waals surface area contributed by atoms with Gasteiger partial charge in [-0.2, -0.15) is 0 Å². The molecule has 1 atom stereocenters. The highest BCUT2D eigenvalue weighted by Gasteiger charge is 2.18. The fourth-order valence-electron chi connectivity index (χ4n) is 3.05. The monoisotopic (exact) mass is 309 g/mol. The van der Waals surface area contributed by atoms with Crippen LogP contribution in [0.15, 0.2) is 29.8 Å². The minimum absolute atomic E-state index is 0.197. The average Bonchev–Trinajstić information content (AvgIpc) is 2.42. The lowest BCUT2D eigenvalue weighted by Gasteiger charge is -2.24. The van der Waals surface area contributed by atoms with Gasteiger partial charge in [-0.15, -0.1) is 0 Å². The quantitative estimate of drug-likeness (QED) is 0.730. The standard InChI is InChI=1S/C18H25ClFN/c1-2-21-18(14-9-6-4-3-5-7-10-14)13-15-16(19)11-8-12-17(15)20/h8-9,11-12,18,21H,2-7,10,13H2,1H3/b14-9+. The summed E-state index contributed by atoms with van der Waals surface area (Å²) in [5, 5.41) is 4.04. The summed E-state index contributed by atoms with van der Waals surface area (Å²) in [5.41, 5.74) is 2.06. The molecule has 0 fully saturated rings. The Kier molecular flexibility index (Phi) is 6.72. The fraction of sp³-hybridized carbons (Fsp3) is 0.556. The maximum absolute atomic E-state index is 14.0. The van der Waals surface area contributed by atoms with Crippen molar-refractivity contribution in [3.63, 3.8) is 0 Å². The van der Waals surface area contributed by atoms with E-state index in [0.717, 1.165) is 19.4 Å². The average molecular weight is 310 g/mol. The first-order valence-corrected chi connectivity index (χ1v) is 8.45. The first-order chi connectivity index (χ1) is 10.2. The Morgan fingerprint density at radius 3 is 2.81 bits per heavy atom. The van der Waals surface area contributed by atoms with Gasteiger partial charge in [0.25, 0.3) is 0 Å². The van der Waals surface area contributed by atoms with Crippen LogP contribution in [0.4, 0.5) is 4.39 Å². The zero-order chi connectivity index (χ0) is 15.1. The van der Waals surface area contributed by atoms with Crippen LogP contribution in [0.25, 0.3) is 0 Å². The van der Waals surface area contributed by atoms with Crippen LogP contribution >= 0.6 is 11.6 Å². The molecule has 0 saturated carbocycles. The van der Waals surface area contributed by atoms with E-state index < -0.39 is 0 Å². The van der Waals surface area contributed by atoms with E-state index in [9.17, 15) is 4.39 Å². The van der Waals surface area contributed by atoms with Gasteiger partial charge in [-0.05, 0) is 50.8 Å². The second kappa shape index (κ2) is 8.55. The van der Waals surface area contributed by atoms with Crippen molar-refractivity contribution < 1.29 is 4.39 Å². The van der Waals surface area contributed by atoms with E-state index in [4.69, 9.17) is 11.6 Å². The number of allylic oxidation sites excluding steroid dienone is 1. The van der Waals surface area contributed by atoms with E-state index in [1.807, 2.05) is 0 Å². The topological polar surface area (TPSA) is 12.0 Å². The maximum Gasteiger partial charge on any atom is 0.127 e. The van der Waals surface area contributed by atoms with Crippen molar-refractivity contribution in [2.24, 2.45) is 0 Å². The smallest absolute Gasteiger partial charge is 0.127 e. The molecule has 2 rings (SSSR count). The van der Waals surface area contributed by atoms with Crippen molar-refractivity contribution in [3.05, 3.63) is 46.3 Å². The van der Waals surface area contributed by atoms with Crippen LogP contribution in [0.5, 0.6) is 0 Å². The molecule has 1 aliphatic rings. The second-order valence-corrected chi connectivity index (χ2v) is 6.15. The fourth-order valence-corrected chi connectivity index (χ4v) is 3.29. The van der Waals surface area contributed by atoms with Crippen molar-refractivity contribution in [1.29, 1.82) is 0 Å². The molecule has 0 bridgehead atoms. The third-order valence-corrected chi connectivity index (χ3v) is 4.55. The van der Waals surface area contributed by atoms with Crippen molar-refractivity contribution in [2.45, 2.75) is 57.9 Å². The largest absolute Gasteiger partial charge is 0.310 e. The number of likely N-dealkylation sites (N-methyl/N-ethyl adjacent to an activating group) is 1. The third kappa shape index (κ3) is 4.82. The Bertz CT molecular complexity index is 464. The minimum Gasteiger partial charge on any atom is -0.310 e. The Labute approximate surface area is 132 Å². The lowest BCUT2D eigenvalue weighted by Crippen LogP contribution is -2.33. The molecule has 0 aliphatic heterocycles. The Hall–Kier alpha value is -0.860.